The standard InChI is InChI=1S/C13H20N4O3S/c1-5-20-11(18)10-6-14-12(16-9(10)3)17-13(21)15-8(2)7-19-4/h6,8H,5,7H2,1-4H3,(H2,14,15,16,17,21)/t8-/m1/s1. The van der Waals surface area contributed by atoms with E-state index in [0.717, 1.165) is 0 Å². The van der Waals surface area contributed by atoms with E-state index in [2.05, 4.69) is 20.6 Å². The third-order valence-electron chi connectivity index (χ3n) is 2.49. The topological polar surface area (TPSA) is 85.4 Å². The fraction of sp³-hybridized carbons (Fsp3) is 0.538. The molecule has 0 saturated heterocycles. The van der Waals surface area contributed by atoms with Crippen molar-refractivity contribution in [3.8, 4) is 0 Å². The molecule has 21 heavy (non-hydrogen) atoms. The van der Waals surface area contributed by atoms with Crippen molar-refractivity contribution in [3.63, 3.8) is 0 Å². The van der Waals surface area contributed by atoms with Gasteiger partial charge in [0.25, 0.3) is 0 Å². The quantitative estimate of drug-likeness (QED) is 0.600. The van der Waals surface area contributed by atoms with E-state index in [1.165, 1.54) is 6.20 Å². The van der Waals surface area contributed by atoms with Crippen molar-refractivity contribution < 1.29 is 14.3 Å². The predicted octanol–water partition coefficient (Wildman–Crippen LogP) is 1.28. The second-order valence-electron chi connectivity index (χ2n) is 4.37. The van der Waals surface area contributed by atoms with Crippen LogP contribution in [-0.2, 0) is 9.47 Å². The summed E-state index contributed by atoms with van der Waals surface area (Å²) in [6.45, 7) is 6.24. The predicted molar refractivity (Wildman–Crippen MR) is 83.4 cm³/mol. The third kappa shape index (κ3) is 5.60. The van der Waals surface area contributed by atoms with Crippen LogP contribution in [0.15, 0.2) is 6.20 Å². The van der Waals surface area contributed by atoms with Gasteiger partial charge in [-0.15, -0.1) is 0 Å². The van der Waals surface area contributed by atoms with E-state index in [0.29, 0.717) is 35.5 Å². The van der Waals surface area contributed by atoms with Crippen molar-refractivity contribution in [2.45, 2.75) is 26.8 Å². The average Bonchev–Trinajstić information content (AvgIpc) is 2.38. The molecule has 2 N–H and O–H groups in total. The van der Waals surface area contributed by atoms with Gasteiger partial charge in [-0.1, -0.05) is 0 Å². The van der Waals surface area contributed by atoms with Gasteiger partial charge in [0.15, 0.2) is 5.11 Å². The minimum absolute atomic E-state index is 0.0647. The molecule has 1 heterocycles. The molecule has 0 aliphatic carbocycles. The molecular formula is C13H20N4O3S. The summed E-state index contributed by atoms with van der Waals surface area (Å²) in [6.07, 6.45) is 1.42. The molecule has 1 aromatic rings. The van der Waals surface area contributed by atoms with E-state index in [9.17, 15) is 4.79 Å². The van der Waals surface area contributed by atoms with E-state index >= 15 is 0 Å². The zero-order valence-corrected chi connectivity index (χ0v) is 13.4. The molecule has 0 radical (unpaired) electrons. The maximum atomic E-state index is 11.6. The highest BCUT2D eigenvalue weighted by Gasteiger charge is 2.13. The fourth-order valence-corrected chi connectivity index (χ4v) is 1.88. The van der Waals surface area contributed by atoms with Crippen LogP contribution in [0.2, 0.25) is 0 Å². The number of rotatable bonds is 6. The van der Waals surface area contributed by atoms with Crippen molar-refractivity contribution >= 4 is 29.2 Å². The third-order valence-corrected chi connectivity index (χ3v) is 2.71. The highest BCUT2D eigenvalue weighted by molar-refractivity contribution is 7.80. The SMILES string of the molecule is CCOC(=O)c1cnc(NC(=S)N[C@H](C)COC)nc1C. The monoisotopic (exact) mass is 312 g/mol. The highest BCUT2D eigenvalue weighted by atomic mass is 32.1. The van der Waals surface area contributed by atoms with Crippen molar-refractivity contribution in [3.05, 3.63) is 17.5 Å². The van der Waals surface area contributed by atoms with Crippen LogP contribution in [0, 0.1) is 6.92 Å². The fourth-order valence-electron chi connectivity index (χ4n) is 1.59. The van der Waals surface area contributed by atoms with Crippen molar-refractivity contribution in [2.24, 2.45) is 0 Å². The molecule has 7 nitrogen and oxygen atoms in total. The van der Waals surface area contributed by atoms with Crippen molar-refractivity contribution in [2.75, 3.05) is 25.6 Å². The number of thiocarbonyl (C=S) groups is 1. The Morgan fingerprint density at radius 2 is 2.24 bits per heavy atom. The Kier molecular flexibility index (Phi) is 6.97. The Bertz CT molecular complexity index is 510. The normalized spacial score (nSPS) is 11.6. The number of hydrogen-bond donors (Lipinski definition) is 2. The summed E-state index contributed by atoms with van der Waals surface area (Å²) in [5.41, 5.74) is 0.868. The van der Waals surface area contributed by atoms with Crippen LogP contribution in [0.1, 0.15) is 29.9 Å². The number of nitrogens with zero attached hydrogens (tertiary/aromatic N) is 2. The second-order valence-corrected chi connectivity index (χ2v) is 4.78. The van der Waals surface area contributed by atoms with Crippen LogP contribution < -0.4 is 10.6 Å². The Morgan fingerprint density at radius 1 is 1.52 bits per heavy atom. The number of nitrogens with one attached hydrogen (secondary N) is 2. The number of anilines is 1. The molecule has 0 amide bonds. The summed E-state index contributed by atoms with van der Waals surface area (Å²) in [7, 11) is 1.62. The van der Waals surface area contributed by atoms with Crippen LogP contribution >= 0.6 is 12.2 Å². The van der Waals surface area contributed by atoms with E-state index < -0.39 is 5.97 Å². The molecule has 0 fully saturated rings. The summed E-state index contributed by atoms with van der Waals surface area (Å²) in [5.74, 6) is -0.112. The molecule has 0 bridgehead atoms. The zero-order valence-electron chi connectivity index (χ0n) is 12.6. The molecule has 1 rings (SSSR count). The van der Waals surface area contributed by atoms with Gasteiger partial charge in [-0.3, -0.25) is 0 Å². The van der Waals surface area contributed by atoms with Gasteiger partial charge in [0.2, 0.25) is 5.95 Å². The van der Waals surface area contributed by atoms with E-state index in [1.807, 2.05) is 6.92 Å². The Hall–Kier alpha value is -1.80. The number of carbonyl (C=O) groups excluding carboxylic acids is 1. The average molecular weight is 312 g/mol. The molecule has 8 heteroatoms. The van der Waals surface area contributed by atoms with E-state index in [1.54, 1.807) is 21.0 Å². The maximum absolute atomic E-state index is 11.6. The summed E-state index contributed by atoms with van der Waals surface area (Å²) in [4.78, 5) is 19.9. The van der Waals surface area contributed by atoms with Crippen LogP contribution in [0.4, 0.5) is 5.95 Å². The highest BCUT2D eigenvalue weighted by Crippen LogP contribution is 2.08. The molecule has 0 aromatic carbocycles. The maximum Gasteiger partial charge on any atom is 0.341 e. The second kappa shape index (κ2) is 8.48. The smallest absolute Gasteiger partial charge is 0.341 e. The summed E-state index contributed by atoms with van der Waals surface area (Å²) in [6, 6.07) is 0.0647. The Balaban J connectivity index is 2.67. The van der Waals surface area contributed by atoms with Gasteiger partial charge < -0.3 is 20.1 Å². The summed E-state index contributed by atoms with van der Waals surface area (Å²) >= 11 is 5.15. The number of aryl methyl sites for hydroxylation is 1. The van der Waals surface area contributed by atoms with Crippen LogP contribution in [0.5, 0.6) is 0 Å². The molecule has 0 aliphatic rings. The molecule has 1 atom stereocenters. The molecule has 0 aliphatic heterocycles. The minimum atomic E-state index is -0.434. The lowest BCUT2D eigenvalue weighted by molar-refractivity contribution is 0.0524. The minimum Gasteiger partial charge on any atom is -0.462 e. The van der Waals surface area contributed by atoms with Gasteiger partial charge in [0.1, 0.15) is 0 Å². The van der Waals surface area contributed by atoms with Gasteiger partial charge in [-0.25, -0.2) is 14.8 Å². The van der Waals surface area contributed by atoms with Crippen molar-refractivity contribution in [1.82, 2.24) is 15.3 Å². The first-order chi connectivity index (χ1) is 9.97. The van der Waals surface area contributed by atoms with Gasteiger partial charge >= 0.3 is 5.97 Å². The molecule has 0 spiro atoms. The van der Waals surface area contributed by atoms with Crippen LogP contribution in [-0.4, -0.2) is 47.4 Å². The van der Waals surface area contributed by atoms with Crippen molar-refractivity contribution in [1.29, 1.82) is 0 Å². The van der Waals surface area contributed by atoms with Gasteiger partial charge in [-0.05, 0) is 33.0 Å². The molecule has 1 aromatic heterocycles. The molecule has 0 saturated carbocycles. The van der Waals surface area contributed by atoms with Crippen LogP contribution in [0.25, 0.3) is 0 Å². The van der Waals surface area contributed by atoms with E-state index in [4.69, 9.17) is 21.7 Å². The Morgan fingerprint density at radius 3 is 2.81 bits per heavy atom. The first-order valence-electron chi connectivity index (χ1n) is 6.55. The number of hydrogen-bond acceptors (Lipinski definition) is 6. The summed E-state index contributed by atoms with van der Waals surface area (Å²) < 4.78 is 9.92. The first-order valence-corrected chi connectivity index (χ1v) is 6.96. The van der Waals surface area contributed by atoms with Crippen LogP contribution in [0.3, 0.4) is 0 Å². The van der Waals surface area contributed by atoms with Gasteiger partial charge in [-0.2, -0.15) is 0 Å². The molecular weight excluding hydrogens is 292 g/mol. The van der Waals surface area contributed by atoms with Gasteiger partial charge in [0.05, 0.1) is 24.5 Å². The van der Waals surface area contributed by atoms with E-state index in [-0.39, 0.29) is 6.04 Å². The number of ether oxygens (including phenoxy) is 2. The number of esters is 1. The molecule has 0 unspecified atom stereocenters. The van der Waals surface area contributed by atoms with Gasteiger partial charge in [0, 0.05) is 19.3 Å². The lowest BCUT2D eigenvalue weighted by Gasteiger charge is -2.15. The first kappa shape index (κ1) is 17.3. The lowest BCUT2D eigenvalue weighted by Crippen LogP contribution is -2.38. The lowest BCUT2D eigenvalue weighted by atomic mass is 10.2. The molecule has 116 valence electrons. The summed E-state index contributed by atoms with van der Waals surface area (Å²) in [5, 5.41) is 6.28. The largest absolute Gasteiger partial charge is 0.462 e. The number of carbonyl (C=O) groups is 1. The number of aromatic nitrogens is 2. The number of methoxy groups -OCH3 is 1. The zero-order chi connectivity index (χ0) is 15.8. The Labute approximate surface area is 129 Å².